The molecule has 6 rings (SSSR count). The molecule has 0 bridgehead atoms. The third-order valence-electron chi connectivity index (χ3n) is 7.85. The van der Waals surface area contributed by atoms with Gasteiger partial charge in [0.25, 0.3) is 0 Å². The van der Waals surface area contributed by atoms with Crippen LogP contribution < -0.4 is 16.4 Å². The van der Waals surface area contributed by atoms with Crippen LogP contribution in [0.3, 0.4) is 0 Å². The van der Waals surface area contributed by atoms with Crippen molar-refractivity contribution < 1.29 is 0 Å². The fourth-order valence-electron chi connectivity index (χ4n) is 5.59. The molecule has 0 spiro atoms. The van der Waals surface area contributed by atoms with Crippen LogP contribution in [0.5, 0.6) is 0 Å². The Morgan fingerprint density at radius 2 is 1.39 bits per heavy atom. The van der Waals surface area contributed by atoms with Gasteiger partial charge in [-0.15, -0.1) is 0 Å². The van der Waals surface area contributed by atoms with Gasteiger partial charge in [0.15, 0.2) is 5.65 Å². The van der Waals surface area contributed by atoms with E-state index in [2.05, 4.69) is 51.1 Å². The summed E-state index contributed by atoms with van der Waals surface area (Å²) in [6, 6.07) is 17.2. The molecule has 0 amide bonds. The molecule has 186 valence electrons. The summed E-state index contributed by atoms with van der Waals surface area (Å²) in [5, 5.41) is 4.55. The van der Waals surface area contributed by atoms with Crippen molar-refractivity contribution in [1.29, 1.82) is 0 Å². The van der Waals surface area contributed by atoms with E-state index in [9.17, 15) is 0 Å². The van der Waals surface area contributed by atoms with Crippen molar-refractivity contribution in [2.75, 3.05) is 62.7 Å². The Morgan fingerprint density at radius 3 is 2.08 bits per heavy atom. The number of nitrogens with two attached hydrogens (primary N) is 2. The predicted octanol–water partition coefficient (Wildman–Crippen LogP) is 3.44. The number of rotatable bonds is 4. The van der Waals surface area contributed by atoms with Crippen molar-refractivity contribution in [2.24, 2.45) is 0 Å². The van der Waals surface area contributed by atoms with Crippen LogP contribution in [0.2, 0.25) is 0 Å². The molecule has 4 N–H and O–H groups in total. The van der Waals surface area contributed by atoms with Crippen LogP contribution >= 0.6 is 0 Å². The Kier molecular flexibility index (Phi) is 5.99. The first-order chi connectivity index (χ1) is 17.6. The number of nitrogen functional groups attached to an aromatic ring is 2. The minimum atomic E-state index is 0.565. The smallest absolute Gasteiger partial charge is 0.165 e. The van der Waals surface area contributed by atoms with Crippen molar-refractivity contribution in [1.82, 2.24) is 24.4 Å². The van der Waals surface area contributed by atoms with E-state index < -0.39 is 0 Å². The fourth-order valence-corrected chi connectivity index (χ4v) is 5.59. The van der Waals surface area contributed by atoms with Crippen LogP contribution in [0.4, 0.5) is 17.2 Å². The van der Waals surface area contributed by atoms with Gasteiger partial charge in [0, 0.05) is 60.9 Å². The molecule has 4 heterocycles. The standard InChI is InChI=1S/C28H34N8/c1-33-12-10-24(11-13-33)35-16-14-34(15-17-35)23-8-4-21(5-9-23)26-19-32-36-27(30)25(18-31-28(26)36)20-2-6-22(29)7-3-20/h2-9,18-19,24H,10-17,29-30H2,1H3. The van der Waals surface area contributed by atoms with Gasteiger partial charge < -0.3 is 21.3 Å². The number of piperidine rings is 1. The third-order valence-corrected chi connectivity index (χ3v) is 7.85. The summed E-state index contributed by atoms with van der Waals surface area (Å²) >= 11 is 0. The molecule has 0 radical (unpaired) electrons. The summed E-state index contributed by atoms with van der Waals surface area (Å²) in [5.74, 6) is 0.565. The zero-order chi connectivity index (χ0) is 24.6. The second-order valence-electron chi connectivity index (χ2n) is 10.1. The van der Waals surface area contributed by atoms with Gasteiger partial charge in [0.1, 0.15) is 5.82 Å². The molecule has 2 aliphatic rings. The highest BCUT2D eigenvalue weighted by molar-refractivity contribution is 5.82. The first-order valence-corrected chi connectivity index (χ1v) is 12.8. The van der Waals surface area contributed by atoms with E-state index in [1.54, 1.807) is 4.52 Å². The number of anilines is 3. The number of benzene rings is 2. The lowest BCUT2D eigenvalue weighted by molar-refractivity contribution is 0.115. The predicted molar refractivity (Wildman–Crippen MR) is 147 cm³/mol. The van der Waals surface area contributed by atoms with Gasteiger partial charge in [-0.1, -0.05) is 24.3 Å². The van der Waals surface area contributed by atoms with E-state index in [4.69, 9.17) is 16.5 Å². The molecule has 4 aromatic rings. The molecule has 36 heavy (non-hydrogen) atoms. The summed E-state index contributed by atoms with van der Waals surface area (Å²) < 4.78 is 1.72. The van der Waals surface area contributed by atoms with Gasteiger partial charge in [0.05, 0.1) is 6.20 Å². The number of hydrogen-bond donors (Lipinski definition) is 2. The monoisotopic (exact) mass is 482 g/mol. The molecule has 0 atom stereocenters. The number of nitrogens with zero attached hydrogens (tertiary/aromatic N) is 6. The Balaban J connectivity index is 1.17. The molecule has 8 nitrogen and oxygen atoms in total. The molecule has 0 saturated carbocycles. The second-order valence-corrected chi connectivity index (χ2v) is 10.1. The lowest BCUT2D eigenvalue weighted by atomic mass is 10.0. The van der Waals surface area contributed by atoms with E-state index in [1.165, 1.54) is 31.6 Å². The van der Waals surface area contributed by atoms with E-state index in [0.29, 0.717) is 5.82 Å². The summed E-state index contributed by atoms with van der Waals surface area (Å²) in [6.07, 6.45) is 6.26. The summed E-state index contributed by atoms with van der Waals surface area (Å²) in [5.41, 5.74) is 18.9. The van der Waals surface area contributed by atoms with Crippen LogP contribution in [0.1, 0.15) is 12.8 Å². The van der Waals surface area contributed by atoms with Gasteiger partial charge in [0.2, 0.25) is 0 Å². The minimum Gasteiger partial charge on any atom is -0.399 e. The molecule has 2 saturated heterocycles. The van der Waals surface area contributed by atoms with Crippen molar-refractivity contribution >= 4 is 22.8 Å². The Morgan fingerprint density at radius 1 is 0.750 bits per heavy atom. The van der Waals surface area contributed by atoms with Crippen molar-refractivity contribution in [3.8, 4) is 22.3 Å². The third kappa shape index (κ3) is 4.27. The number of aromatic nitrogens is 3. The number of hydrogen-bond acceptors (Lipinski definition) is 7. The largest absolute Gasteiger partial charge is 0.399 e. The minimum absolute atomic E-state index is 0.565. The van der Waals surface area contributed by atoms with Crippen LogP contribution in [0.25, 0.3) is 27.9 Å². The highest BCUT2D eigenvalue weighted by Crippen LogP contribution is 2.31. The summed E-state index contributed by atoms with van der Waals surface area (Å²) in [6.45, 7) is 6.88. The van der Waals surface area contributed by atoms with Gasteiger partial charge >= 0.3 is 0 Å². The summed E-state index contributed by atoms with van der Waals surface area (Å²) in [7, 11) is 2.23. The number of piperazine rings is 1. The molecule has 2 aromatic carbocycles. The topological polar surface area (TPSA) is 92.0 Å². The lowest BCUT2D eigenvalue weighted by Gasteiger charge is -2.42. The molecule has 0 aliphatic carbocycles. The maximum absolute atomic E-state index is 6.49. The average Bonchev–Trinajstić information content (AvgIpc) is 3.35. The van der Waals surface area contributed by atoms with Crippen molar-refractivity contribution in [2.45, 2.75) is 18.9 Å². The lowest BCUT2D eigenvalue weighted by Crippen LogP contribution is -2.52. The second kappa shape index (κ2) is 9.44. The Labute approximate surface area is 212 Å². The molecule has 8 heteroatoms. The van der Waals surface area contributed by atoms with Crippen LogP contribution in [-0.4, -0.2) is 76.8 Å². The maximum atomic E-state index is 6.49. The maximum Gasteiger partial charge on any atom is 0.165 e. The SMILES string of the molecule is CN1CCC(N2CCN(c3ccc(-c4cnn5c(N)c(-c6ccc(N)cc6)cnc45)cc3)CC2)CC1. The van der Waals surface area contributed by atoms with Crippen molar-refractivity contribution in [3.63, 3.8) is 0 Å². The molecule has 2 fully saturated rings. The van der Waals surface area contributed by atoms with Gasteiger partial charge in [-0.25, -0.2) is 4.98 Å². The molecule has 2 aromatic heterocycles. The fraction of sp³-hybridized carbons (Fsp3) is 0.357. The Hall–Kier alpha value is -3.62. The zero-order valence-corrected chi connectivity index (χ0v) is 20.8. The first kappa shape index (κ1) is 22.8. The van der Waals surface area contributed by atoms with Crippen LogP contribution in [-0.2, 0) is 0 Å². The van der Waals surface area contributed by atoms with Crippen LogP contribution in [0.15, 0.2) is 60.9 Å². The zero-order valence-electron chi connectivity index (χ0n) is 20.8. The van der Waals surface area contributed by atoms with E-state index in [0.717, 1.165) is 65.8 Å². The first-order valence-electron chi connectivity index (χ1n) is 12.8. The molecular formula is C28H34N8. The molecule has 2 aliphatic heterocycles. The molecular weight excluding hydrogens is 448 g/mol. The van der Waals surface area contributed by atoms with E-state index in [-0.39, 0.29) is 0 Å². The highest BCUT2D eigenvalue weighted by Gasteiger charge is 2.26. The van der Waals surface area contributed by atoms with E-state index >= 15 is 0 Å². The number of likely N-dealkylation sites (tertiary alicyclic amines) is 1. The normalized spacial score (nSPS) is 18.2. The van der Waals surface area contributed by atoms with Gasteiger partial charge in [-0.3, -0.25) is 4.90 Å². The Bertz CT molecular complexity index is 1330. The highest BCUT2D eigenvalue weighted by atomic mass is 15.3. The van der Waals surface area contributed by atoms with E-state index in [1.807, 2.05) is 36.7 Å². The van der Waals surface area contributed by atoms with Gasteiger partial charge in [-0.05, 0) is 68.4 Å². The van der Waals surface area contributed by atoms with Crippen LogP contribution in [0, 0.1) is 0 Å². The average molecular weight is 483 g/mol. The van der Waals surface area contributed by atoms with Gasteiger partial charge in [-0.2, -0.15) is 9.61 Å². The summed E-state index contributed by atoms with van der Waals surface area (Å²) in [4.78, 5) is 12.4. The molecule has 0 unspecified atom stereocenters. The van der Waals surface area contributed by atoms with Crippen molar-refractivity contribution in [3.05, 3.63) is 60.9 Å². The number of fused-ring (bicyclic) bond motifs is 1. The quantitative estimate of drug-likeness (QED) is 0.431.